The third-order valence-electron chi connectivity index (χ3n) is 5.07. The summed E-state index contributed by atoms with van der Waals surface area (Å²) in [5.74, 6) is 2.13. The Bertz CT molecular complexity index is 737. The van der Waals surface area contributed by atoms with Crippen LogP contribution in [0.5, 0.6) is 0 Å². The van der Waals surface area contributed by atoms with Gasteiger partial charge < -0.3 is 4.52 Å². The van der Waals surface area contributed by atoms with Crippen LogP contribution in [0.3, 0.4) is 0 Å². The number of aryl methyl sites for hydroxylation is 2. The first-order valence-corrected chi connectivity index (χ1v) is 8.84. The Morgan fingerprint density at radius 3 is 2.71 bits per heavy atom. The van der Waals surface area contributed by atoms with Gasteiger partial charge in [0.2, 0.25) is 5.89 Å². The van der Waals surface area contributed by atoms with E-state index in [1.165, 1.54) is 12.8 Å². The SMILES string of the molecule is Cc1nn(C)c(Cl)c1CN1CCN(C)[C@@H](c2nc(C3CC3)no2)C1. The molecular weight excluding hydrogens is 328 g/mol. The van der Waals surface area contributed by atoms with E-state index in [1.807, 2.05) is 14.0 Å². The monoisotopic (exact) mass is 350 g/mol. The van der Waals surface area contributed by atoms with Crippen LogP contribution in [-0.2, 0) is 13.6 Å². The fourth-order valence-electron chi connectivity index (χ4n) is 3.31. The number of rotatable bonds is 4. The van der Waals surface area contributed by atoms with Gasteiger partial charge in [0.15, 0.2) is 5.82 Å². The lowest BCUT2D eigenvalue weighted by molar-refractivity contribution is 0.0713. The molecule has 1 saturated carbocycles. The molecule has 130 valence electrons. The molecule has 2 aromatic heterocycles. The van der Waals surface area contributed by atoms with Crippen molar-refractivity contribution in [2.75, 3.05) is 26.7 Å². The zero-order valence-corrected chi connectivity index (χ0v) is 15.1. The molecule has 1 aliphatic heterocycles. The molecule has 2 aromatic rings. The molecule has 1 saturated heterocycles. The Labute approximate surface area is 146 Å². The van der Waals surface area contributed by atoms with E-state index in [9.17, 15) is 0 Å². The van der Waals surface area contributed by atoms with Gasteiger partial charge in [-0.15, -0.1) is 0 Å². The first-order valence-electron chi connectivity index (χ1n) is 8.47. The van der Waals surface area contributed by atoms with Crippen molar-refractivity contribution in [3.05, 3.63) is 28.1 Å². The fraction of sp³-hybridized carbons (Fsp3) is 0.688. The maximum Gasteiger partial charge on any atom is 0.245 e. The topological polar surface area (TPSA) is 63.2 Å². The minimum absolute atomic E-state index is 0.134. The van der Waals surface area contributed by atoms with E-state index in [0.717, 1.165) is 54.3 Å². The van der Waals surface area contributed by atoms with Crippen molar-refractivity contribution in [3.63, 3.8) is 0 Å². The highest BCUT2D eigenvalue weighted by Crippen LogP contribution is 2.39. The highest BCUT2D eigenvalue weighted by molar-refractivity contribution is 6.30. The van der Waals surface area contributed by atoms with Gasteiger partial charge in [0.25, 0.3) is 0 Å². The Balaban J connectivity index is 1.49. The minimum Gasteiger partial charge on any atom is -0.338 e. The molecule has 24 heavy (non-hydrogen) atoms. The van der Waals surface area contributed by atoms with Crippen molar-refractivity contribution in [1.29, 1.82) is 0 Å². The van der Waals surface area contributed by atoms with E-state index in [2.05, 4.69) is 32.1 Å². The minimum atomic E-state index is 0.134. The molecule has 2 fully saturated rings. The quantitative estimate of drug-likeness (QED) is 0.841. The fourth-order valence-corrected chi connectivity index (χ4v) is 3.54. The first kappa shape index (κ1) is 16.1. The molecular formula is C16H23ClN6O. The standard InChI is InChI=1S/C16H23ClN6O/c1-10-12(14(17)22(3)19-10)8-23-7-6-21(2)13(9-23)16-18-15(20-24-16)11-4-5-11/h11,13H,4-9H2,1-3H3/t13-/m1/s1. The van der Waals surface area contributed by atoms with Crippen LogP contribution in [0.15, 0.2) is 4.52 Å². The van der Waals surface area contributed by atoms with Gasteiger partial charge in [-0.05, 0) is 26.8 Å². The molecule has 0 spiro atoms. The molecule has 0 aromatic carbocycles. The van der Waals surface area contributed by atoms with Crippen LogP contribution in [0.2, 0.25) is 5.15 Å². The molecule has 8 heteroatoms. The molecule has 2 aliphatic rings. The van der Waals surface area contributed by atoms with Crippen LogP contribution in [0.4, 0.5) is 0 Å². The van der Waals surface area contributed by atoms with Crippen LogP contribution in [0, 0.1) is 6.92 Å². The lowest BCUT2D eigenvalue weighted by Gasteiger charge is -2.37. The van der Waals surface area contributed by atoms with E-state index < -0.39 is 0 Å². The molecule has 0 bridgehead atoms. The van der Waals surface area contributed by atoms with Gasteiger partial charge in [0.1, 0.15) is 11.2 Å². The summed E-state index contributed by atoms with van der Waals surface area (Å²) in [4.78, 5) is 9.32. The number of hydrogen-bond acceptors (Lipinski definition) is 6. The van der Waals surface area contributed by atoms with E-state index in [4.69, 9.17) is 16.1 Å². The second-order valence-electron chi connectivity index (χ2n) is 6.97. The summed E-state index contributed by atoms with van der Waals surface area (Å²) >= 11 is 6.38. The Morgan fingerprint density at radius 2 is 2.04 bits per heavy atom. The smallest absolute Gasteiger partial charge is 0.245 e. The molecule has 0 unspecified atom stereocenters. The van der Waals surface area contributed by atoms with Gasteiger partial charge in [-0.2, -0.15) is 10.1 Å². The van der Waals surface area contributed by atoms with Crippen molar-refractivity contribution in [3.8, 4) is 0 Å². The zero-order valence-electron chi connectivity index (χ0n) is 14.4. The zero-order chi connectivity index (χ0) is 16.8. The average molecular weight is 351 g/mol. The van der Waals surface area contributed by atoms with Crippen LogP contribution in [0.1, 0.15) is 47.8 Å². The summed E-state index contributed by atoms with van der Waals surface area (Å²) in [5, 5.41) is 9.29. The summed E-state index contributed by atoms with van der Waals surface area (Å²) in [7, 11) is 3.99. The molecule has 4 rings (SSSR count). The number of aromatic nitrogens is 4. The van der Waals surface area contributed by atoms with Gasteiger partial charge >= 0.3 is 0 Å². The molecule has 0 radical (unpaired) electrons. The second-order valence-corrected chi connectivity index (χ2v) is 7.33. The van der Waals surface area contributed by atoms with Crippen molar-refractivity contribution in [2.24, 2.45) is 7.05 Å². The molecule has 1 atom stereocenters. The average Bonchev–Trinajstić information content (AvgIpc) is 3.25. The highest BCUT2D eigenvalue weighted by Gasteiger charge is 2.34. The predicted octanol–water partition coefficient (Wildman–Crippen LogP) is 2.13. The lowest BCUT2D eigenvalue weighted by atomic mass is 10.1. The van der Waals surface area contributed by atoms with Crippen LogP contribution < -0.4 is 0 Å². The van der Waals surface area contributed by atoms with Gasteiger partial charge in [-0.25, -0.2) is 0 Å². The summed E-state index contributed by atoms with van der Waals surface area (Å²) < 4.78 is 7.29. The van der Waals surface area contributed by atoms with Crippen LogP contribution in [0.25, 0.3) is 0 Å². The van der Waals surface area contributed by atoms with Crippen molar-refractivity contribution in [1.82, 2.24) is 29.7 Å². The number of hydrogen-bond donors (Lipinski definition) is 0. The Hall–Kier alpha value is -1.44. The van der Waals surface area contributed by atoms with Crippen molar-refractivity contribution in [2.45, 2.75) is 38.3 Å². The summed E-state index contributed by atoms with van der Waals surface area (Å²) in [6, 6.07) is 0.134. The van der Waals surface area contributed by atoms with Crippen molar-refractivity contribution >= 4 is 11.6 Å². The van der Waals surface area contributed by atoms with E-state index in [1.54, 1.807) is 4.68 Å². The number of halogens is 1. The third-order valence-corrected chi connectivity index (χ3v) is 5.54. The first-order chi connectivity index (χ1) is 11.5. The van der Waals surface area contributed by atoms with E-state index in [-0.39, 0.29) is 6.04 Å². The molecule has 3 heterocycles. The van der Waals surface area contributed by atoms with E-state index >= 15 is 0 Å². The van der Waals surface area contributed by atoms with Gasteiger partial charge in [-0.3, -0.25) is 14.5 Å². The summed E-state index contributed by atoms with van der Waals surface area (Å²) in [5.41, 5.74) is 2.10. The van der Waals surface area contributed by atoms with Gasteiger partial charge in [0.05, 0.1) is 5.69 Å². The number of piperazine rings is 1. The number of nitrogens with zero attached hydrogens (tertiary/aromatic N) is 6. The van der Waals surface area contributed by atoms with E-state index in [0.29, 0.717) is 5.92 Å². The maximum atomic E-state index is 6.38. The molecule has 0 N–H and O–H groups in total. The van der Waals surface area contributed by atoms with Crippen LogP contribution >= 0.6 is 11.6 Å². The third kappa shape index (κ3) is 2.96. The van der Waals surface area contributed by atoms with Gasteiger partial charge in [-0.1, -0.05) is 16.8 Å². The highest BCUT2D eigenvalue weighted by atomic mass is 35.5. The summed E-state index contributed by atoms with van der Waals surface area (Å²) in [6.45, 7) is 5.61. The van der Waals surface area contributed by atoms with Crippen LogP contribution in [-0.4, -0.2) is 56.4 Å². The van der Waals surface area contributed by atoms with Crippen molar-refractivity contribution < 1.29 is 4.52 Å². The van der Waals surface area contributed by atoms with Gasteiger partial charge in [0, 0.05) is 44.7 Å². The Kier molecular flexibility index (Phi) is 4.10. The molecule has 0 amide bonds. The number of likely N-dealkylation sites (N-methyl/N-ethyl adjacent to an activating group) is 1. The lowest BCUT2D eigenvalue weighted by Crippen LogP contribution is -2.46. The summed E-state index contributed by atoms with van der Waals surface area (Å²) in [6.07, 6.45) is 2.37. The molecule has 1 aliphatic carbocycles. The molecule has 7 nitrogen and oxygen atoms in total. The normalized spacial score (nSPS) is 23.1. The second kappa shape index (κ2) is 6.13. The largest absolute Gasteiger partial charge is 0.338 e. The Morgan fingerprint density at radius 1 is 1.25 bits per heavy atom. The maximum absolute atomic E-state index is 6.38. The predicted molar refractivity (Wildman–Crippen MR) is 89.9 cm³/mol.